The molecule has 0 fully saturated rings. The first-order valence-electron chi connectivity index (χ1n) is 4.08. The molecule has 1 aromatic rings. The van der Waals surface area contributed by atoms with Crippen molar-refractivity contribution in [1.82, 2.24) is 9.78 Å². The van der Waals surface area contributed by atoms with Crippen molar-refractivity contribution in [2.75, 3.05) is 13.7 Å². The highest BCUT2D eigenvalue weighted by molar-refractivity contribution is 4.99. The third-order valence-electron chi connectivity index (χ3n) is 1.73. The minimum atomic E-state index is 0.549. The molecule has 2 N–H and O–H groups in total. The van der Waals surface area contributed by atoms with Crippen molar-refractivity contribution in [1.29, 1.82) is 0 Å². The van der Waals surface area contributed by atoms with E-state index in [2.05, 4.69) is 5.10 Å². The molecule has 0 saturated carbocycles. The lowest BCUT2D eigenvalue weighted by Gasteiger charge is -2.04. The van der Waals surface area contributed by atoms with Crippen LogP contribution in [0.5, 0.6) is 0 Å². The van der Waals surface area contributed by atoms with Crippen molar-refractivity contribution in [3.8, 4) is 0 Å². The van der Waals surface area contributed by atoms with Crippen LogP contribution in [0.4, 0.5) is 0 Å². The maximum Gasteiger partial charge on any atom is 0.0519 e. The van der Waals surface area contributed by atoms with Gasteiger partial charge in [-0.3, -0.25) is 4.68 Å². The lowest BCUT2D eigenvalue weighted by Crippen LogP contribution is -2.10. The summed E-state index contributed by atoms with van der Waals surface area (Å²) >= 11 is 0. The Balaban J connectivity index is 2.39. The third-order valence-corrected chi connectivity index (χ3v) is 1.73. The van der Waals surface area contributed by atoms with Crippen molar-refractivity contribution in [3.05, 3.63) is 18.0 Å². The second kappa shape index (κ2) is 4.90. The summed E-state index contributed by atoms with van der Waals surface area (Å²) < 4.78 is 6.86. The van der Waals surface area contributed by atoms with Crippen molar-refractivity contribution < 1.29 is 4.74 Å². The number of ether oxygens (including phenoxy) is 1. The number of hydrogen-bond donors (Lipinski definition) is 1. The zero-order valence-corrected chi connectivity index (χ0v) is 7.36. The van der Waals surface area contributed by atoms with Gasteiger partial charge < -0.3 is 10.5 Å². The summed E-state index contributed by atoms with van der Waals surface area (Å²) in [5, 5.41) is 4.14. The second-order valence-electron chi connectivity index (χ2n) is 2.60. The molecule has 0 amide bonds. The molecule has 4 nitrogen and oxygen atoms in total. The van der Waals surface area contributed by atoms with Gasteiger partial charge in [0, 0.05) is 33.0 Å². The van der Waals surface area contributed by atoms with E-state index in [0.29, 0.717) is 6.54 Å². The Morgan fingerprint density at radius 2 is 2.50 bits per heavy atom. The molecule has 0 aromatic carbocycles. The van der Waals surface area contributed by atoms with E-state index in [1.54, 1.807) is 13.3 Å². The Labute approximate surface area is 72.3 Å². The number of aryl methyl sites for hydroxylation is 1. The molecule has 1 heterocycles. The van der Waals surface area contributed by atoms with E-state index in [4.69, 9.17) is 10.5 Å². The van der Waals surface area contributed by atoms with Gasteiger partial charge in [-0.2, -0.15) is 5.10 Å². The SMILES string of the molecule is COCCCn1nccc1CN. The minimum Gasteiger partial charge on any atom is -0.385 e. The van der Waals surface area contributed by atoms with E-state index in [1.807, 2.05) is 10.7 Å². The summed E-state index contributed by atoms with van der Waals surface area (Å²) in [7, 11) is 1.70. The Morgan fingerprint density at radius 1 is 1.67 bits per heavy atom. The lowest BCUT2D eigenvalue weighted by atomic mass is 10.4. The zero-order chi connectivity index (χ0) is 8.81. The monoisotopic (exact) mass is 169 g/mol. The van der Waals surface area contributed by atoms with Crippen molar-refractivity contribution in [3.63, 3.8) is 0 Å². The standard InChI is InChI=1S/C8H15N3O/c1-12-6-2-5-11-8(7-9)3-4-10-11/h3-4H,2,5-7,9H2,1H3. The van der Waals surface area contributed by atoms with Crippen molar-refractivity contribution in [2.24, 2.45) is 5.73 Å². The van der Waals surface area contributed by atoms with Gasteiger partial charge in [-0.15, -0.1) is 0 Å². The summed E-state index contributed by atoms with van der Waals surface area (Å²) in [5.74, 6) is 0. The van der Waals surface area contributed by atoms with Crippen LogP contribution in [0.2, 0.25) is 0 Å². The molecule has 68 valence electrons. The van der Waals surface area contributed by atoms with Gasteiger partial charge in [-0.1, -0.05) is 0 Å². The molecule has 0 saturated heterocycles. The average Bonchev–Trinajstić information content (AvgIpc) is 2.52. The molecule has 4 heteroatoms. The van der Waals surface area contributed by atoms with Crippen LogP contribution in [-0.2, 0) is 17.8 Å². The fraction of sp³-hybridized carbons (Fsp3) is 0.625. The molecule has 0 bridgehead atoms. The highest BCUT2D eigenvalue weighted by Crippen LogP contribution is 1.98. The normalized spacial score (nSPS) is 10.5. The van der Waals surface area contributed by atoms with Gasteiger partial charge in [0.15, 0.2) is 0 Å². The van der Waals surface area contributed by atoms with E-state index in [1.165, 1.54) is 0 Å². The van der Waals surface area contributed by atoms with Gasteiger partial charge in [0.2, 0.25) is 0 Å². The summed E-state index contributed by atoms with van der Waals surface area (Å²) in [4.78, 5) is 0. The van der Waals surface area contributed by atoms with Crippen LogP contribution >= 0.6 is 0 Å². The predicted molar refractivity (Wildman–Crippen MR) is 46.6 cm³/mol. The van der Waals surface area contributed by atoms with Crippen LogP contribution in [0, 0.1) is 0 Å². The van der Waals surface area contributed by atoms with Crippen LogP contribution < -0.4 is 5.73 Å². The maximum absolute atomic E-state index is 5.51. The summed E-state index contributed by atoms with van der Waals surface area (Å²) in [6.45, 7) is 2.20. The van der Waals surface area contributed by atoms with E-state index in [0.717, 1.165) is 25.3 Å². The highest BCUT2D eigenvalue weighted by atomic mass is 16.5. The van der Waals surface area contributed by atoms with Crippen LogP contribution in [0.15, 0.2) is 12.3 Å². The van der Waals surface area contributed by atoms with E-state index < -0.39 is 0 Å². The Kier molecular flexibility index (Phi) is 3.76. The molecule has 0 aliphatic rings. The van der Waals surface area contributed by atoms with E-state index in [-0.39, 0.29) is 0 Å². The quantitative estimate of drug-likeness (QED) is 0.648. The van der Waals surface area contributed by atoms with Gasteiger partial charge in [0.05, 0.1) is 5.69 Å². The van der Waals surface area contributed by atoms with Crippen LogP contribution in [0.25, 0.3) is 0 Å². The molecule has 0 atom stereocenters. The molecule has 0 radical (unpaired) electrons. The molecule has 0 spiro atoms. The summed E-state index contributed by atoms with van der Waals surface area (Å²) in [5.41, 5.74) is 6.58. The second-order valence-corrected chi connectivity index (χ2v) is 2.60. The van der Waals surface area contributed by atoms with Crippen LogP contribution in [-0.4, -0.2) is 23.5 Å². The molecule has 0 unspecified atom stereocenters. The van der Waals surface area contributed by atoms with Gasteiger partial charge in [-0.25, -0.2) is 0 Å². The molecular formula is C8H15N3O. The number of aromatic nitrogens is 2. The van der Waals surface area contributed by atoms with E-state index >= 15 is 0 Å². The highest BCUT2D eigenvalue weighted by Gasteiger charge is 1.98. The number of nitrogens with two attached hydrogens (primary N) is 1. The number of methoxy groups -OCH3 is 1. The fourth-order valence-corrected chi connectivity index (χ4v) is 1.09. The Bertz CT molecular complexity index is 222. The molecule has 12 heavy (non-hydrogen) atoms. The molecule has 1 aromatic heterocycles. The summed E-state index contributed by atoms with van der Waals surface area (Å²) in [6, 6.07) is 1.94. The van der Waals surface area contributed by atoms with E-state index in [9.17, 15) is 0 Å². The van der Waals surface area contributed by atoms with Crippen molar-refractivity contribution >= 4 is 0 Å². The lowest BCUT2D eigenvalue weighted by molar-refractivity contribution is 0.188. The van der Waals surface area contributed by atoms with Gasteiger partial charge in [-0.05, 0) is 12.5 Å². The van der Waals surface area contributed by atoms with Crippen LogP contribution in [0.3, 0.4) is 0 Å². The molecule has 1 rings (SSSR count). The molecule has 0 aliphatic heterocycles. The smallest absolute Gasteiger partial charge is 0.0519 e. The Morgan fingerprint density at radius 3 is 3.17 bits per heavy atom. The minimum absolute atomic E-state index is 0.549. The molecule has 0 aliphatic carbocycles. The third kappa shape index (κ3) is 2.32. The largest absolute Gasteiger partial charge is 0.385 e. The average molecular weight is 169 g/mol. The predicted octanol–water partition coefficient (Wildman–Crippen LogP) is 0.378. The van der Waals surface area contributed by atoms with Crippen LogP contribution in [0.1, 0.15) is 12.1 Å². The van der Waals surface area contributed by atoms with Crippen molar-refractivity contribution in [2.45, 2.75) is 19.5 Å². The summed E-state index contributed by atoms with van der Waals surface area (Å²) in [6.07, 6.45) is 2.75. The van der Waals surface area contributed by atoms with Gasteiger partial charge >= 0.3 is 0 Å². The first kappa shape index (κ1) is 9.22. The fourth-order valence-electron chi connectivity index (χ4n) is 1.09. The molecular weight excluding hydrogens is 154 g/mol. The number of rotatable bonds is 5. The van der Waals surface area contributed by atoms with Gasteiger partial charge in [0.1, 0.15) is 0 Å². The topological polar surface area (TPSA) is 53.1 Å². The van der Waals surface area contributed by atoms with Gasteiger partial charge in [0.25, 0.3) is 0 Å². The first-order chi connectivity index (χ1) is 5.88. The maximum atomic E-state index is 5.51. The zero-order valence-electron chi connectivity index (χ0n) is 7.36. The number of hydrogen-bond acceptors (Lipinski definition) is 3. The number of nitrogens with zero attached hydrogens (tertiary/aromatic N) is 2. The Hall–Kier alpha value is -0.870. The first-order valence-corrected chi connectivity index (χ1v) is 4.08.